The van der Waals surface area contributed by atoms with E-state index >= 15 is 0 Å². The zero-order valence-electron chi connectivity index (χ0n) is 15.7. The van der Waals surface area contributed by atoms with Gasteiger partial charge in [-0.3, -0.25) is 4.90 Å². The number of piperidine rings is 1. The summed E-state index contributed by atoms with van der Waals surface area (Å²) in [4.78, 5) is 2.46. The van der Waals surface area contributed by atoms with E-state index in [0.29, 0.717) is 12.5 Å². The molecular weight excluding hydrogens is 302 g/mol. The highest BCUT2D eigenvalue weighted by Crippen LogP contribution is 2.35. The van der Waals surface area contributed by atoms with Crippen molar-refractivity contribution in [3.05, 3.63) is 29.3 Å². The Morgan fingerprint density at radius 3 is 2.71 bits per heavy atom. The third-order valence-corrected chi connectivity index (χ3v) is 5.28. The molecule has 1 aliphatic heterocycles. The van der Waals surface area contributed by atoms with Crippen molar-refractivity contribution in [3.63, 3.8) is 0 Å². The van der Waals surface area contributed by atoms with Crippen LogP contribution >= 0.6 is 0 Å². The molecule has 1 aromatic carbocycles. The molecule has 4 nitrogen and oxygen atoms in total. The number of nitrogens with zero attached hydrogens (tertiary/aromatic N) is 1. The largest absolute Gasteiger partial charge is 0.496 e. The molecule has 1 atom stereocenters. The second-order valence-electron chi connectivity index (χ2n) is 7.44. The van der Waals surface area contributed by atoms with Gasteiger partial charge in [-0.15, -0.1) is 0 Å². The topological polar surface area (TPSA) is 41.9 Å². The van der Waals surface area contributed by atoms with Crippen LogP contribution < -0.4 is 4.74 Å². The summed E-state index contributed by atoms with van der Waals surface area (Å²) in [6.45, 7) is 8.24. The van der Waals surface area contributed by atoms with Crippen LogP contribution in [0.2, 0.25) is 0 Å². The monoisotopic (exact) mass is 335 g/mol. The van der Waals surface area contributed by atoms with Crippen molar-refractivity contribution in [3.8, 4) is 5.75 Å². The first-order valence-corrected chi connectivity index (χ1v) is 9.02. The van der Waals surface area contributed by atoms with Gasteiger partial charge in [-0.2, -0.15) is 0 Å². The van der Waals surface area contributed by atoms with E-state index in [1.807, 2.05) is 0 Å². The van der Waals surface area contributed by atoms with Gasteiger partial charge in [-0.05, 0) is 43.4 Å². The molecule has 1 heterocycles. The van der Waals surface area contributed by atoms with Gasteiger partial charge in [0, 0.05) is 37.8 Å². The van der Waals surface area contributed by atoms with E-state index < -0.39 is 0 Å². The molecule has 2 rings (SSSR count). The number of methoxy groups -OCH3 is 2. The Bertz CT molecular complexity index is 518. The molecule has 24 heavy (non-hydrogen) atoms. The lowest BCUT2D eigenvalue weighted by Gasteiger charge is -2.42. The van der Waals surface area contributed by atoms with Gasteiger partial charge in [0.25, 0.3) is 0 Å². The van der Waals surface area contributed by atoms with Crippen LogP contribution in [0.4, 0.5) is 0 Å². The quantitative estimate of drug-likeness (QED) is 0.790. The molecule has 0 bridgehead atoms. The van der Waals surface area contributed by atoms with Gasteiger partial charge in [0.1, 0.15) is 5.75 Å². The zero-order valence-corrected chi connectivity index (χ0v) is 15.7. The summed E-state index contributed by atoms with van der Waals surface area (Å²) in [7, 11) is 3.47. The summed E-state index contributed by atoms with van der Waals surface area (Å²) < 4.78 is 10.8. The highest BCUT2D eigenvalue weighted by molar-refractivity contribution is 5.38. The summed E-state index contributed by atoms with van der Waals surface area (Å²) >= 11 is 0. The van der Waals surface area contributed by atoms with Crippen LogP contribution in [-0.4, -0.2) is 50.5 Å². The lowest BCUT2D eigenvalue weighted by atomic mass is 9.78. The van der Waals surface area contributed by atoms with Gasteiger partial charge in [-0.1, -0.05) is 26.0 Å². The minimum Gasteiger partial charge on any atom is -0.496 e. The second kappa shape index (κ2) is 8.84. The fourth-order valence-corrected chi connectivity index (χ4v) is 3.70. The summed E-state index contributed by atoms with van der Waals surface area (Å²) in [5.74, 6) is 1.46. The van der Waals surface area contributed by atoms with Crippen LogP contribution in [0.15, 0.2) is 18.2 Å². The van der Waals surface area contributed by atoms with Crippen molar-refractivity contribution < 1.29 is 14.6 Å². The smallest absolute Gasteiger partial charge is 0.123 e. The van der Waals surface area contributed by atoms with Crippen LogP contribution in [0, 0.1) is 5.41 Å². The van der Waals surface area contributed by atoms with Gasteiger partial charge in [0.15, 0.2) is 0 Å². The number of hydrogen-bond donors (Lipinski definition) is 1. The maximum Gasteiger partial charge on any atom is 0.123 e. The molecule has 0 unspecified atom stereocenters. The van der Waals surface area contributed by atoms with E-state index in [0.717, 1.165) is 44.6 Å². The molecule has 136 valence electrons. The minimum absolute atomic E-state index is 0.0306. The molecule has 4 heteroatoms. The number of rotatable bonds is 8. The van der Waals surface area contributed by atoms with Crippen molar-refractivity contribution in [2.45, 2.75) is 45.6 Å². The third-order valence-electron chi connectivity index (χ3n) is 5.28. The highest BCUT2D eigenvalue weighted by Gasteiger charge is 2.34. The van der Waals surface area contributed by atoms with E-state index in [1.54, 1.807) is 14.2 Å². The van der Waals surface area contributed by atoms with Gasteiger partial charge in [-0.25, -0.2) is 0 Å². The number of hydrogen-bond acceptors (Lipinski definition) is 4. The van der Waals surface area contributed by atoms with Crippen LogP contribution in [-0.2, 0) is 11.3 Å². The summed E-state index contributed by atoms with van der Waals surface area (Å²) in [5.41, 5.74) is 2.55. The molecule has 0 radical (unpaired) electrons. The number of likely N-dealkylation sites (tertiary alicyclic amines) is 1. The summed E-state index contributed by atoms with van der Waals surface area (Å²) in [6, 6.07) is 6.51. The molecule has 1 saturated heterocycles. The zero-order chi connectivity index (χ0) is 17.6. The van der Waals surface area contributed by atoms with Gasteiger partial charge in [0.05, 0.1) is 13.7 Å². The SMILES string of the molecule is COCC[C@@]1(CO)CCCN(Cc2cc(C(C)C)ccc2OC)C1. The molecule has 1 fully saturated rings. The standard InChI is InChI=1S/C20H33NO3/c1-16(2)17-6-7-19(24-4)18(12-17)13-21-10-5-8-20(14-21,15-22)9-11-23-3/h6-7,12,16,22H,5,8-11,13-15H2,1-4H3/t20-/m0/s1. The lowest BCUT2D eigenvalue weighted by Crippen LogP contribution is -2.45. The molecule has 0 amide bonds. The van der Waals surface area contributed by atoms with E-state index in [4.69, 9.17) is 9.47 Å². The van der Waals surface area contributed by atoms with E-state index in [-0.39, 0.29) is 12.0 Å². The fourth-order valence-electron chi connectivity index (χ4n) is 3.70. The maximum atomic E-state index is 9.96. The first-order valence-electron chi connectivity index (χ1n) is 9.02. The van der Waals surface area contributed by atoms with Crippen LogP contribution in [0.5, 0.6) is 5.75 Å². The maximum absolute atomic E-state index is 9.96. The summed E-state index contributed by atoms with van der Waals surface area (Å²) in [5, 5.41) is 9.96. The Morgan fingerprint density at radius 2 is 2.08 bits per heavy atom. The predicted molar refractivity (Wildman–Crippen MR) is 97.6 cm³/mol. The molecule has 0 aromatic heterocycles. The van der Waals surface area contributed by atoms with Crippen molar-refractivity contribution in [1.82, 2.24) is 4.90 Å². The van der Waals surface area contributed by atoms with E-state index in [9.17, 15) is 5.11 Å². The average molecular weight is 335 g/mol. The number of ether oxygens (including phenoxy) is 2. The molecule has 1 aliphatic rings. The number of aliphatic hydroxyl groups is 1. The van der Waals surface area contributed by atoms with E-state index in [2.05, 4.69) is 36.9 Å². The normalized spacial score (nSPS) is 22.1. The van der Waals surface area contributed by atoms with Gasteiger partial charge < -0.3 is 14.6 Å². The molecule has 1 aromatic rings. The van der Waals surface area contributed by atoms with Crippen LogP contribution in [0.1, 0.15) is 50.2 Å². The Labute approximate surface area is 146 Å². The lowest BCUT2D eigenvalue weighted by molar-refractivity contribution is 0.00456. The first-order chi connectivity index (χ1) is 11.5. The van der Waals surface area contributed by atoms with Crippen LogP contribution in [0.3, 0.4) is 0 Å². The molecule has 0 saturated carbocycles. The van der Waals surface area contributed by atoms with Gasteiger partial charge in [0.2, 0.25) is 0 Å². The average Bonchev–Trinajstić information content (AvgIpc) is 2.60. The molecule has 0 spiro atoms. The number of benzene rings is 1. The van der Waals surface area contributed by atoms with E-state index in [1.165, 1.54) is 11.1 Å². The first kappa shape index (κ1) is 19.2. The second-order valence-corrected chi connectivity index (χ2v) is 7.44. The Hall–Kier alpha value is -1.10. The predicted octanol–water partition coefficient (Wildman–Crippen LogP) is 3.43. The Kier molecular flexibility index (Phi) is 7.08. The Morgan fingerprint density at radius 1 is 1.29 bits per heavy atom. The van der Waals surface area contributed by atoms with Crippen molar-refractivity contribution in [2.75, 3.05) is 40.5 Å². The fraction of sp³-hybridized carbons (Fsp3) is 0.700. The van der Waals surface area contributed by atoms with Crippen molar-refractivity contribution in [1.29, 1.82) is 0 Å². The van der Waals surface area contributed by atoms with Crippen LogP contribution in [0.25, 0.3) is 0 Å². The minimum atomic E-state index is -0.0306. The highest BCUT2D eigenvalue weighted by atomic mass is 16.5. The summed E-state index contributed by atoms with van der Waals surface area (Å²) in [6.07, 6.45) is 3.11. The van der Waals surface area contributed by atoms with Crippen molar-refractivity contribution >= 4 is 0 Å². The number of aliphatic hydroxyl groups excluding tert-OH is 1. The Balaban J connectivity index is 2.13. The van der Waals surface area contributed by atoms with Gasteiger partial charge >= 0.3 is 0 Å². The molecule has 1 N–H and O–H groups in total. The molecular formula is C20H33NO3. The third kappa shape index (κ3) is 4.71. The van der Waals surface area contributed by atoms with Crippen molar-refractivity contribution in [2.24, 2.45) is 5.41 Å². The molecule has 0 aliphatic carbocycles.